The summed E-state index contributed by atoms with van der Waals surface area (Å²) in [7, 11) is -3.82. The highest BCUT2D eigenvalue weighted by molar-refractivity contribution is 7.89. The van der Waals surface area contributed by atoms with E-state index in [4.69, 9.17) is 16.0 Å². The van der Waals surface area contributed by atoms with Crippen molar-refractivity contribution in [2.45, 2.75) is 44.6 Å². The van der Waals surface area contributed by atoms with Crippen molar-refractivity contribution in [1.29, 1.82) is 0 Å². The van der Waals surface area contributed by atoms with Crippen LogP contribution in [0.15, 0.2) is 27.5 Å². The number of aromatic nitrogens is 1. The Morgan fingerprint density at radius 3 is 2.84 bits per heavy atom. The topological polar surface area (TPSA) is 63.4 Å². The standard InChI is InChI=1S/C17H20ClFN2O3S/c1-11(2)3-6-17-20-14-10-21(8-7-15(14)24-17)25(22,23)16-5-4-12(19)9-13(16)18/h4-5,9,11H,3,6-8,10H2,1-2H3. The number of nitrogens with zero attached hydrogens (tertiary/aromatic N) is 2. The van der Waals surface area contributed by atoms with E-state index in [1.165, 1.54) is 10.4 Å². The van der Waals surface area contributed by atoms with E-state index in [9.17, 15) is 12.8 Å². The van der Waals surface area contributed by atoms with Crippen LogP contribution in [0, 0.1) is 11.7 Å². The monoisotopic (exact) mass is 386 g/mol. The van der Waals surface area contributed by atoms with Crippen LogP contribution in [-0.4, -0.2) is 24.3 Å². The minimum atomic E-state index is -3.82. The van der Waals surface area contributed by atoms with Crippen molar-refractivity contribution in [3.05, 3.63) is 46.4 Å². The minimum Gasteiger partial charge on any atom is -0.445 e. The zero-order valence-electron chi connectivity index (χ0n) is 14.1. The molecule has 0 N–H and O–H groups in total. The van der Waals surface area contributed by atoms with Crippen LogP contribution < -0.4 is 0 Å². The molecular formula is C17H20ClFN2O3S. The van der Waals surface area contributed by atoms with Gasteiger partial charge in [-0.05, 0) is 30.5 Å². The van der Waals surface area contributed by atoms with Gasteiger partial charge in [-0.1, -0.05) is 25.4 Å². The average Bonchev–Trinajstić information content (AvgIpc) is 2.94. The first-order chi connectivity index (χ1) is 11.8. The van der Waals surface area contributed by atoms with Crippen molar-refractivity contribution in [2.24, 2.45) is 5.92 Å². The summed E-state index contributed by atoms with van der Waals surface area (Å²) in [5, 5.41) is -0.122. The molecule has 0 spiro atoms. The molecule has 3 rings (SSSR count). The predicted octanol–water partition coefficient (Wildman–Crippen LogP) is 3.80. The molecule has 0 fully saturated rings. The molecule has 1 aromatic carbocycles. The van der Waals surface area contributed by atoms with Gasteiger partial charge in [0.2, 0.25) is 10.0 Å². The van der Waals surface area contributed by atoms with Crippen molar-refractivity contribution in [3.63, 3.8) is 0 Å². The van der Waals surface area contributed by atoms with Crippen LogP contribution in [-0.2, 0) is 29.4 Å². The minimum absolute atomic E-state index is 0.0949. The Kier molecular flexibility index (Phi) is 5.18. The van der Waals surface area contributed by atoms with Gasteiger partial charge in [-0.2, -0.15) is 4.31 Å². The Morgan fingerprint density at radius 1 is 1.40 bits per heavy atom. The summed E-state index contributed by atoms with van der Waals surface area (Å²) in [6, 6.07) is 3.29. The molecule has 0 atom stereocenters. The number of hydrogen-bond acceptors (Lipinski definition) is 4. The van der Waals surface area contributed by atoms with E-state index >= 15 is 0 Å². The second-order valence-electron chi connectivity index (χ2n) is 6.57. The smallest absolute Gasteiger partial charge is 0.244 e. The number of hydrogen-bond donors (Lipinski definition) is 0. The van der Waals surface area contributed by atoms with Crippen LogP contribution in [0.25, 0.3) is 0 Å². The van der Waals surface area contributed by atoms with Crippen LogP contribution in [0.1, 0.15) is 37.6 Å². The lowest BCUT2D eigenvalue weighted by Crippen LogP contribution is -2.36. The van der Waals surface area contributed by atoms with Crippen molar-refractivity contribution in [3.8, 4) is 0 Å². The summed E-state index contributed by atoms with van der Waals surface area (Å²) in [6.07, 6.45) is 2.16. The van der Waals surface area contributed by atoms with E-state index in [1.807, 2.05) is 0 Å². The van der Waals surface area contributed by atoms with Gasteiger partial charge in [0, 0.05) is 19.4 Å². The average molecular weight is 387 g/mol. The lowest BCUT2D eigenvalue weighted by atomic mass is 10.1. The molecular weight excluding hydrogens is 367 g/mol. The van der Waals surface area contributed by atoms with Crippen LogP contribution in [0.3, 0.4) is 0 Å². The van der Waals surface area contributed by atoms with Crippen LogP contribution in [0.5, 0.6) is 0 Å². The number of sulfonamides is 1. The molecule has 2 heterocycles. The fourth-order valence-electron chi connectivity index (χ4n) is 2.78. The Hall–Kier alpha value is -1.44. The Morgan fingerprint density at radius 2 is 2.16 bits per heavy atom. The highest BCUT2D eigenvalue weighted by Gasteiger charge is 2.32. The molecule has 1 aromatic heterocycles. The van der Waals surface area contributed by atoms with Gasteiger partial charge in [-0.25, -0.2) is 17.8 Å². The van der Waals surface area contributed by atoms with E-state index < -0.39 is 15.8 Å². The van der Waals surface area contributed by atoms with Crippen LogP contribution >= 0.6 is 11.6 Å². The molecule has 136 valence electrons. The van der Waals surface area contributed by atoms with Gasteiger partial charge in [0.15, 0.2) is 5.89 Å². The molecule has 0 aliphatic carbocycles. The molecule has 8 heteroatoms. The molecule has 0 saturated heterocycles. The van der Waals surface area contributed by atoms with Crippen molar-refractivity contribution >= 4 is 21.6 Å². The van der Waals surface area contributed by atoms with Gasteiger partial charge in [0.25, 0.3) is 0 Å². The summed E-state index contributed by atoms with van der Waals surface area (Å²) in [5.41, 5.74) is 0.645. The summed E-state index contributed by atoms with van der Waals surface area (Å²) in [6.45, 7) is 4.67. The first kappa shape index (κ1) is 18.4. The number of oxazole rings is 1. The predicted molar refractivity (Wildman–Crippen MR) is 92.4 cm³/mol. The summed E-state index contributed by atoms with van der Waals surface area (Å²) in [5.74, 6) is 1.37. The molecule has 0 unspecified atom stereocenters. The lowest BCUT2D eigenvalue weighted by Gasteiger charge is -2.25. The molecule has 1 aliphatic heterocycles. The Labute approximate surface area is 151 Å². The maximum atomic E-state index is 13.2. The van der Waals surface area contributed by atoms with E-state index in [1.54, 1.807) is 0 Å². The molecule has 0 saturated carbocycles. The Bertz CT molecular complexity index is 880. The second-order valence-corrected chi connectivity index (χ2v) is 8.89. The maximum Gasteiger partial charge on any atom is 0.244 e. The first-order valence-electron chi connectivity index (χ1n) is 8.20. The SMILES string of the molecule is CC(C)CCc1nc2c(o1)CCN(S(=O)(=O)c1ccc(F)cc1Cl)C2. The molecule has 25 heavy (non-hydrogen) atoms. The molecule has 5 nitrogen and oxygen atoms in total. The zero-order valence-corrected chi connectivity index (χ0v) is 15.7. The number of aryl methyl sites for hydroxylation is 1. The molecule has 0 amide bonds. The fraction of sp³-hybridized carbons (Fsp3) is 0.471. The van der Waals surface area contributed by atoms with Gasteiger partial charge < -0.3 is 4.42 Å². The molecule has 2 aromatic rings. The highest BCUT2D eigenvalue weighted by atomic mass is 35.5. The van der Waals surface area contributed by atoms with Crippen molar-refractivity contribution < 1.29 is 17.2 Å². The zero-order chi connectivity index (χ0) is 18.2. The third kappa shape index (κ3) is 3.88. The largest absolute Gasteiger partial charge is 0.445 e. The van der Waals surface area contributed by atoms with Gasteiger partial charge in [0.05, 0.1) is 17.3 Å². The number of rotatable bonds is 5. The summed E-state index contributed by atoms with van der Waals surface area (Å²) in [4.78, 5) is 4.36. The maximum absolute atomic E-state index is 13.2. The van der Waals surface area contributed by atoms with Crippen LogP contribution in [0.2, 0.25) is 5.02 Å². The molecule has 0 bridgehead atoms. The van der Waals surface area contributed by atoms with Crippen LogP contribution in [0.4, 0.5) is 4.39 Å². The highest BCUT2D eigenvalue weighted by Crippen LogP contribution is 2.29. The van der Waals surface area contributed by atoms with Crippen molar-refractivity contribution in [2.75, 3.05) is 6.54 Å². The third-order valence-corrected chi connectivity index (χ3v) is 6.51. The van der Waals surface area contributed by atoms with Crippen molar-refractivity contribution in [1.82, 2.24) is 9.29 Å². The van der Waals surface area contributed by atoms with Gasteiger partial charge in [0.1, 0.15) is 16.5 Å². The summed E-state index contributed by atoms with van der Waals surface area (Å²) < 4.78 is 45.9. The Balaban J connectivity index is 1.82. The summed E-state index contributed by atoms with van der Waals surface area (Å²) >= 11 is 5.93. The fourth-order valence-corrected chi connectivity index (χ4v) is 4.68. The normalized spacial score (nSPS) is 15.6. The third-order valence-electron chi connectivity index (χ3n) is 4.18. The van der Waals surface area contributed by atoms with Gasteiger partial charge in [-0.15, -0.1) is 0 Å². The number of fused-ring (bicyclic) bond motifs is 1. The molecule has 1 aliphatic rings. The van der Waals surface area contributed by atoms with Gasteiger partial charge >= 0.3 is 0 Å². The first-order valence-corrected chi connectivity index (χ1v) is 10.0. The lowest BCUT2D eigenvalue weighted by molar-refractivity contribution is 0.354. The second kappa shape index (κ2) is 7.05. The number of benzene rings is 1. The van der Waals surface area contributed by atoms with E-state index in [0.717, 1.165) is 30.7 Å². The van der Waals surface area contributed by atoms with E-state index in [0.29, 0.717) is 23.9 Å². The van der Waals surface area contributed by atoms with Gasteiger partial charge in [-0.3, -0.25) is 0 Å². The molecule has 0 radical (unpaired) electrons. The van der Waals surface area contributed by atoms with E-state index in [2.05, 4.69) is 18.8 Å². The van der Waals surface area contributed by atoms with E-state index in [-0.39, 0.29) is 23.0 Å². The number of halogens is 2. The quantitative estimate of drug-likeness (QED) is 0.784.